The summed E-state index contributed by atoms with van der Waals surface area (Å²) in [7, 11) is 0. The van der Waals surface area contributed by atoms with Crippen molar-refractivity contribution in [3.63, 3.8) is 0 Å². The maximum atomic E-state index is 6.16. The fourth-order valence-electron chi connectivity index (χ4n) is 2.42. The number of hydrogen-bond donors (Lipinski definition) is 0. The first-order valence-electron chi connectivity index (χ1n) is 6.12. The van der Waals surface area contributed by atoms with Gasteiger partial charge in [0.1, 0.15) is 11.3 Å². The van der Waals surface area contributed by atoms with Crippen LogP contribution in [0.4, 0.5) is 5.82 Å². The lowest BCUT2D eigenvalue weighted by atomic mass is 10.0. The van der Waals surface area contributed by atoms with Gasteiger partial charge in [0.15, 0.2) is 5.82 Å². The maximum absolute atomic E-state index is 6.16. The van der Waals surface area contributed by atoms with E-state index in [9.17, 15) is 0 Å². The molecule has 0 saturated heterocycles. The lowest BCUT2D eigenvalue weighted by Gasteiger charge is -2.21. The molecule has 0 amide bonds. The molecule has 2 heterocycles. The number of aromatic nitrogens is 2. The van der Waals surface area contributed by atoms with Crippen molar-refractivity contribution in [3.8, 4) is 0 Å². The molecule has 1 aromatic heterocycles. The highest BCUT2D eigenvalue weighted by molar-refractivity contribution is 6.32. The third-order valence-electron chi connectivity index (χ3n) is 3.37. The quantitative estimate of drug-likeness (QED) is 0.789. The lowest BCUT2D eigenvalue weighted by Crippen LogP contribution is -2.27. The monoisotopic (exact) mass is 259 g/mol. The molecule has 2 aromatic rings. The standard InChI is InChI=1S/C14H14ClN3/c15-13-9-16-10-17-14(13)18-7-5-11-3-1-2-4-12(11)6-8-18/h1-4,9-10H,5-8H2. The first-order chi connectivity index (χ1) is 8.84. The molecule has 0 spiro atoms. The molecule has 92 valence electrons. The van der Waals surface area contributed by atoms with E-state index in [-0.39, 0.29) is 0 Å². The van der Waals surface area contributed by atoms with E-state index in [1.54, 1.807) is 12.5 Å². The Kier molecular flexibility index (Phi) is 3.15. The van der Waals surface area contributed by atoms with Crippen molar-refractivity contribution >= 4 is 17.4 Å². The molecule has 3 rings (SSSR count). The second kappa shape index (κ2) is 4.94. The summed E-state index contributed by atoms with van der Waals surface area (Å²) < 4.78 is 0. The summed E-state index contributed by atoms with van der Waals surface area (Å²) in [6.45, 7) is 1.90. The minimum absolute atomic E-state index is 0.628. The van der Waals surface area contributed by atoms with Crippen LogP contribution in [0.2, 0.25) is 5.02 Å². The summed E-state index contributed by atoms with van der Waals surface area (Å²) in [6, 6.07) is 8.62. The summed E-state index contributed by atoms with van der Waals surface area (Å²) in [4.78, 5) is 10.5. The molecular weight excluding hydrogens is 246 g/mol. The van der Waals surface area contributed by atoms with Gasteiger partial charge < -0.3 is 4.90 Å². The first kappa shape index (κ1) is 11.5. The van der Waals surface area contributed by atoms with Crippen LogP contribution in [-0.4, -0.2) is 23.1 Å². The van der Waals surface area contributed by atoms with E-state index in [2.05, 4.69) is 39.1 Å². The summed E-state index contributed by atoms with van der Waals surface area (Å²) in [6.07, 6.45) is 5.29. The molecule has 0 N–H and O–H groups in total. The number of hydrogen-bond acceptors (Lipinski definition) is 3. The lowest BCUT2D eigenvalue weighted by molar-refractivity contribution is 0.788. The number of anilines is 1. The predicted octanol–water partition coefficient (Wildman–Crippen LogP) is 2.74. The van der Waals surface area contributed by atoms with Gasteiger partial charge in [0.05, 0.1) is 6.20 Å². The van der Waals surface area contributed by atoms with Crippen LogP contribution >= 0.6 is 11.6 Å². The van der Waals surface area contributed by atoms with Gasteiger partial charge in [-0.2, -0.15) is 0 Å². The van der Waals surface area contributed by atoms with Gasteiger partial charge >= 0.3 is 0 Å². The smallest absolute Gasteiger partial charge is 0.150 e. The van der Waals surface area contributed by atoms with Gasteiger partial charge in [0, 0.05) is 13.1 Å². The molecule has 0 unspecified atom stereocenters. The summed E-state index contributed by atoms with van der Waals surface area (Å²) in [5.41, 5.74) is 2.87. The summed E-state index contributed by atoms with van der Waals surface area (Å²) in [5, 5.41) is 0.628. The topological polar surface area (TPSA) is 29.0 Å². The van der Waals surface area contributed by atoms with Gasteiger partial charge in [0.2, 0.25) is 0 Å². The highest BCUT2D eigenvalue weighted by atomic mass is 35.5. The van der Waals surface area contributed by atoms with Gasteiger partial charge in [-0.15, -0.1) is 0 Å². The second-order valence-corrected chi connectivity index (χ2v) is 4.86. The molecule has 0 radical (unpaired) electrons. The van der Waals surface area contributed by atoms with Crippen molar-refractivity contribution in [3.05, 3.63) is 52.9 Å². The normalized spacial score (nSPS) is 15.1. The van der Waals surface area contributed by atoms with Gasteiger partial charge in [-0.3, -0.25) is 0 Å². The molecule has 0 fully saturated rings. The average molecular weight is 260 g/mol. The third kappa shape index (κ3) is 2.18. The van der Waals surface area contributed by atoms with Gasteiger partial charge in [-0.05, 0) is 24.0 Å². The molecule has 0 aliphatic carbocycles. The summed E-state index contributed by atoms with van der Waals surface area (Å²) in [5.74, 6) is 0.847. The highest BCUT2D eigenvalue weighted by Crippen LogP contribution is 2.24. The van der Waals surface area contributed by atoms with Crippen LogP contribution in [0.1, 0.15) is 11.1 Å². The van der Waals surface area contributed by atoms with E-state index < -0.39 is 0 Å². The zero-order chi connectivity index (χ0) is 12.4. The van der Waals surface area contributed by atoms with Crippen LogP contribution in [0.15, 0.2) is 36.8 Å². The molecule has 1 aromatic carbocycles. The van der Waals surface area contributed by atoms with Crippen molar-refractivity contribution in [2.75, 3.05) is 18.0 Å². The molecule has 1 aliphatic rings. The number of nitrogens with zero attached hydrogens (tertiary/aromatic N) is 3. The Morgan fingerprint density at radius 2 is 1.72 bits per heavy atom. The van der Waals surface area contributed by atoms with Gasteiger partial charge in [-0.1, -0.05) is 35.9 Å². The Labute approximate surface area is 111 Å². The number of rotatable bonds is 1. The van der Waals surface area contributed by atoms with Crippen molar-refractivity contribution < 1.29 is 0 Å². The molecule has 0 saturated carbocycles. The first-order valence-corrected chi connectivity index (χ1v) is 6.49. The maximum Gasteiger partial charge on any atom is 0.150 e. The number of benzene rings is 1. The molecule has 0 bridgehead atoms. The highest BCUT2D eigenvalue weighted by Gasteiger charge is 2.16. The Morgan fingerprint density at radius 1 is 1.06 bits per heavy atom. The Morgan fingerprint density at radius 3 is 2.33 bits per heavy atom. The molecular formula is C14H14ClN3. The molecule has 3 nitrogen and oxygen atoms in total. The fraction of sp³-hybridized carbons (Fsp3) is 0.286. The molecule has 1 aliphatic heterocycles. The minimum atomic E-state index is 0.628. The molecule has 4 heteroatoms. The van der Waals surface area contributed by atoms with Crippen LogP contribution in [0.5, 0.6) is 0 Å². The number of halogens is 1. The van der Waals surface area contributed by atoms with Crippen LogP contribution in [0.25, 0.3) is 0 Å². The Hall–Kier alpha value is -1.61. The number of fused-ring (bicyclic) bond motifs is 1. The average Bonchev–Trinajstić information content (AvgIpc) is 2.62. The zero-order valence-electron chi connectivity index (χ0n) is 10.0. The largest absolute Gasteiger partial charge is 0.355 e. The van der Waals surface area contributed by atoms with E-state index in [4.69, 9.17) is 11.6 Å². The van der Waals surface area contributed by atoms with E-state index in [0.29, 0.717) is 5.02 Å². The second-order valence-electron chi connectivity index (χ2n) is 4.45. The Balaban J connectivity index is 1.85. The van der Waals surface area contributed by atoms with Crippen molar-refractivity contribution in [2.45, 2.75) is 12.8 Å². The molecule has 18 heavy (non-hydrogen) atoms. The van der Waals surface area contributed by atoms with Crippen molar-refractivity contribution in [1.29, 1.82) is 0 Å². The predicted molar refractivity (Wildman–Crippen MR) is 73.1 cm³/mol. The van der Waals surface area contributed by atoms with Crippen LogP contribution in [0, 0.1) is 0 Å². The van der Waals surface area contributed by atoms with Gasteiger partial charge in [0.25, 0.3) is 0 Å². The van der Waals surface area contributed by atoms with Crippen LogP contribution < -0.4 is 4.90 Å². The zero-order valence-corrected chi connectivity index (χ0v) is 10.8. The SMILES string of the molecule is Clc1cncnc1N1CCc2ccccc2CC1. The van der Waals surface area contributed by atoms with E-state index in [1.807, 2.05) is 0 Å². The third-order valence-corrected chi connectivity index (χ3v) is 3.63. The van der Waals surface area contributed by atoms with Crippen molar-refractivity contribution in [1.82, 2.24) is 9.97 Å². The van der Waals surface area contributed by atoms with E-state index in [0.717, 1.165) is 31.7 Å². The van der Waals surface area contributed by atoms with Crippen LogP contribution in [-0.2, 0) is 12.8 Å². The van der Waals surface area contributed by atoms with Gasteiger partial charge in [-0.25, -0.2) is 9.97 Å². The Bertz CT molecular complexity index is 529. The minimum Gasteiger partial charge on any atom is -0.355 e. The van der Waals surface area contributed by atoms with E-state index in [1.165, 1.54) is 11.1 Å². The molecule has 0 atom stereocenters. The van der Waals surface area contributed by atoms with Crippen LogP contribution in [0.3, 0.4) is 0 Å². The van der Waals surface area contributed by atoms with Crippen molar-refractivity contribution in [2.24, 2.45) is 0 Å². The summed E-state index contributed by atoms with van der Waals surface area (Å²) >= 11 is 6.16. The van der Waals surface area contributed by atoms with E-state index >= 15 is 0 Å². The fourth-order valence-corrected chi connectivity index (χ4v) is 2.64.